The first kappa shape index (κ1) is 17.7. The SMILES string of the molecule is O=C(O)c1ccc(Nc2nc(-c3ccc(C4CCCCC4)cc3)cs2)cc1. The number of carboxylic acid groups (broad SMARTS) is 1. The van der Waals surface area contributed by atoms with Gasteiger partial charge in [-0.05, 0) is 48.6 Å². The third-order valence-corrected chi connectivity index (χ3v) is 5.93. The van der Waals surface area contributed by atoms with E-state index >= 15 is 0 Å². The number of hydrogen-bond acceptors (Lipinski definition) is 4. The van der Waals surface area contributed by atoms with Gasteiger partial charge >= 0.3 is 5.97 Å². The van der Waals surface area contributed by atoms with E-state index in [1.807, 2.05) is 5.38 Å². The number of thiazole rings is 1. The Morgan fingerprint density at radius 2 is 1.70 bits per heavy atom. The van der Waals surface area contributed by atoms with Gasteiger partial charge in [-0.15, -0.1) is 11.3 Å². The summed E-state index contributed by atoms with van der Waals surface area (Å²) in [6.45, 7) is 0. The number of nitrogens with zero attached hydrogens (tertiary/aromatic N) is 1. The lowest BCUT2D eigenvalue weighted by Gasteiger charge is -2.22. The molecule has 0 saturated heterocycles. The normalized spacial score (nSPS) is 14.8. The van der Waals surface area contributed by atoms with Gasteiger partial charge in [-0.2, -0.15) is 0 Å². The van der Waals surface area contributed by atoms with Crippen molar-refractivity contribution in [2.75, 3.05) is 5.32 Å². The van der Waals surface area contributed by atoms with Crippen molar-refractivity contribution in [3.8, 4) is 11.3 Å². The van der Waals surface area contributed by atoms with Crippen LogP contribution < -0.4 is 5.32 Å². The zero-order valence-corrected chi connectivity index (χ0v) is 15.8. The summed E-state index contributed by atoms with van der Waals surface area (Å²) in [6.07, 6.45) is 6.69. The molecule has 0 amide bonds. The van der Waals surface area contributed by atoms with Gasteiger partial charge in [-0.1, -0.05) is 43.5 Å². The number of nitrogens with one attached hydrogen (secondary N) is 1. The third kappa shape index (κ3) is 4.19. The molecule has 138 valence electrons. The molecule has 0 spiro atoms. The molecule has 0 bridgehead atoms. The average molecular weight is 378 g/mol. The van der Waals surface area contributed by atoms with Crippen LogP contribution in [0, 0.1) is 0 Å². The van der Waals surface area contributed by atoms with Crippen LogP contribution >= 0.6 is 11.3 Å². The number of aromatic carboxylic acids is 1. The van der Waals surface area contributed by atoms with Gasteiger partial charge in [0.15, 0.2) is 5.13 Å². The van der Waals surface area contributed by atoms with Gasteiger partial charge in [0.05, 0.1) is 11.3 Å². The highest BCUT2D eigenvalue weighted by atomic mass is 32.1. The third-order valence-electron chi connectivity index (χ3n) is 5.17. The van der Waals surface area contributed by atoms with Crippen molar-refractivity contribution in [2.45, 2.75) is 38.0 Å². The summed E-state index contributed by atoms with van der Waals surface area (Å²) in [5.74, 6) is -0.205. The predicted molar refractivity (Wildman–Crippen MR) is 110 cm³/mol. The highest BCUT2D eigenvalue weighted by Crippen LogP contribution is 2.34. The molecule has 2 N–H and O–H groups in total. The van der Waals surface area contributed by atoms with Gasteiger partial charge in [-0.3, -0.25) is 0 Å². The summed E-state index contributed by atoms with van der Waals surface area (Å²) in [4.78, 5) is 15.6. The average Bonchev–Trinajstić information content (AvgIpc) is 3.18. The molecule has 1 saturated carbocycles. The summed E-state index contributed by atoms with van der Waals surface area (Å²) >= 11 is 1.54. The molecule has 5 heteroatoms. The largest absolute Gasteiger partial charge is 0.478 e. The van der Waals surface area contributed by atoms with Crippen LogP contribution in [0.5, 0.6) is 0 Å². The highest BCUT2D eigenvalue weighted by Gasteiger charge is 2.15. The lowest BCUT2D eigenvalue weighted by Crippen LogP contribution is -2.04. The molecule has 1 aliphatic carbocycles. The summed E-state index contributed by atoms with van der Waals surface area (Å²) in [6, 6.07) is 15.5. The summed E-state index contributed by atoms with van der Waals surface area (Å²) in [5.41, 5.74) is 4.64. The quantitative estimate of drug-likeness (QED) is 0.547. The number of hydrogen-bond donors (Lipinski definition) is 2. The van der Waals surface area contributed by atoms with Gasteiger partial charge in [0.25, 0.3) is 0 Å². The van der Waals surface area contributed by atoms with E-state index in [1.54, 1.807) is 35.6 Å². The molecule has 4 nitrogen and oxygen atoms in total. The number of carboxylic acids is 1. The van der Waals surface area contributed by atoms with E-state index < -0.39 is 5.97 Å². The summed E-state index contributed by atoms with van der Waals surface area (Å²) in [7, 11) is 0. The Bertz CT molecular complexity index is 910. The van der Waals surface area contributed by atoms with Crippen LogP contribution in [-0.4, -0.2) is 16.1 Å². The van der Waals surface area contributed by atoms with Crippen molar-refractivity contribution in [1.82, 2.24) is 4.98 Å². The number of aromatic nitrogens is 1. The van der Waals surface area contributed by atoms with E-state index in [4.69, 9.17) is 5.11 Å². The summed E-state index contributed by atoms with van der Waals surface area (Å²) in [5, 5.41) is 15.0. The van der Waals surface area contributed by atoms with Gasteiger partial charge in [0.1, 0.15) is 0 Å². The minimum absolute atomic E-state index is 0.276. The molecule has 1 aliphatic rings. The molecule has 0 radical (unpaired) electrons. The molecule has 0 unspecified atom stereocenters. The second-order valence-corrected chi connectivity index (χ2v) is 7.86. The smallest absolute Gasteiger partial charge is 0.335 e. The van der Waals surface area contributed by atoms with Crippen molar-refractivity contribution in [1.29, 1.82) is 0 Å². The van der Waals surface area contributed by atoms with E-state index in [1.165, 1.54) is 37.7 Å². The molecule has 0 atom stereocenters. The number of anilines is 2. The van der Waals surface area contributed by atoms with Crippen molar-refractivity contribution in [2.24, 2.45) is 0 Å². The Hall–Kier alpha value is -2.66. The fourth-order valence-electron chi connectivity index (χ4n) is 3.65. The molecule has 27 heavy (non-hydrogen) atoms. The molecular weight excluding hydrogens is 356 g/mol. The van der Waals surface area contributed by atoms with E-state index in [2.05, 4.69) is 34.6 Å². The standard InChI is InChI=1S/C22H22N2O2S/c25-21(26)18-10-12-19(13-11-18)23-22-24-20(14-27-22)17-8-6-16(7-9-17)15-4-2-1-3-5-15/h6-15H,1-5H2,(H,23,24)(H,25,26). The van der Waals surface area contributed by atoms with Crippen LogP contribution in [-0.2, 0) is 0 Å². The Kier molecular flexibility index (Phi) is 5.21. The molecule has 1 aromatic heterocycles. The van der Waals surface area contributed by atoms with Crippen LogP contribution in [0.15, 0.2) is 53.9 Å². The van der Waals surface area contributed by atoms with E-state index in [0.717, 1.165) is 22.1 Å². The lowest BCUT2D eigenvalue weighted by atomic mass is 9.84. The fourth-order valence-corrected chi connectivity index (χ4v) is 4.39. The topological polar surface area (TPSA) is 62.2 Å². The summed E-state index contributed by atoms with van der Waals surface area (Å²) < 4.78 is 0. The van der Waals surface area contributed by atoms with E-state index in [0.29, 0.717) is 5.92 Å². The van der Waals surface area contributed by atoms with Crippen LogP contribution in [0.1, 0.15) is 53.9 Å². The number of benzene rings is 2. The van der Waals surface area contributed by atoms with Crippen LogP contribution in [0.2, 0.25) is 0 Å². The molecule has 1 fully saturated rings. The van der Waals surface area contributed by atoms with Gasteiger partial charge in [0, 0.05) is 16.6 Å². The van der Waals surface area contributed by atoms with E-state index in [9.17, 15) is 4.79 Å². The highest BCUT2D eigenvalue weighted by molar-refractivity contribution is 7.14. The van der Waals surface area contributed by atoms with Gasteiger partial charge in [0.2, 0.25) is 0 Å². The minimum Gasteiger partial charge on any atom is -0.478 e. The number of carbonyl (C=O) groups is 1. The molecule has 2 aromatic carbocycles. The fraction of sp³-hybridized carbons (Fsp3) is 0.273. The molecule has 4 rings (SSSR count). The van der Waals surface area contributed by atoms with Crippen LogP contribution in [0.25, 0.3) is 11.3 Å². The first-order valence-corrected chi connectivity index (χ1v) is 10.2. The molecular formula is C22H22N2O2S. The molecule has 1 heterocycles. The van der Waals surface area contributed by atoms with Gasteiger partial charge in [-0.25, -0.2) is 9.78 Å². The van der Waals surface area contributed by atoms with Crippen molar-refractivity contribution in [3.05, 3.63) is 65.0 Å². The first-order chi connectivity index (χ1) is 13.2. The maximum absolute atomic E-state index is 10.9. The number of rotatable bonds is 5. The Morgan fingerprint density at radius 1 is 1.00 bits per heavy atom. The Balaban J connectivity index is 1.44. The Morgan fingerprint density at radius 3 is 2.37 bits per heavy atom. The molecule has 0 aliphatic heterocycles. The van der Waals surface area contributed by atoms with Gasteiger partial charge < -0.3 is 10.4 Å². The van der Waals surface area contributed by atoms with E-state index in [-0.39, 0.29) is 5.56 Å². The monoisotopic (exact) mass is 378 g/mol. The van der Waals surface area contributed by atoms with Crippen molar-refractivity contribution in [3.63, 3.8) is 0 Å². The second kappa shape index (κ2) is 7.92. The van der Waals surface area contributed by atoms with Crippen LogP contribution in [0.3, 0.4) is 0 Å². The van der Waals surface area contributed by atoms with Crippen molar-refractivity contribution < 1.29 is 9.90 Å². The Labute approximate surface area is 162 Å². The lowest BCUT2D eigenvalue weighted by molar-refractivity contribution is 0.0697. The first-order valence-electron chi connectivity index (χ1n) is 9.35. The van der Waals surface area contributed by atoms with Crippen molar-refractivity contribution >= 4 is 28.1 Å². The van der Waals surface area contributed by atoms with Crippen LogP contribution in [0.4, 0.5) is 10.8 Å². The zero-order valence-electron chi connectivity index (χ0n) is 15.0. The maximum atomic E-state index is 10.9. The predicted octanol–water partition coefficient (Wildman–Crippen LogP) is 6.30. The zero-order chi connectivity index (χ0) is 18.6. The second-order valence-electron chi connectivity index (χ2n) is 7.00. The maximum Gasteiger partial charge on any atom is 0.335 e. The minimum atomic E-state index is -0.922. The molecule has 3 aromatic rings.